The van der Waals surface area contributed by atoms with Crippen LogP contribution in [0.3, 0.4) is 0 Å². The summed E-state index contributed by atoms with van der Waals surface area (Å²) in [4.78, 5) is 4.31. The van der Waals surface area contributed by atoms with Crippen LogP contribution in [0, 0.1) is 20.8 Å². The minimum atomic E-state index is 0.156. The maximum atomic E-state index is 9.18. The van der Waals surface area contributed by atoms with E-state index < -0.39 is 0 Å². The van der Waals surface area contributed by atoms with Gasteiger partial charge in [0.15, 0.2) is 0 Å². The Morgan fingerprint density at radius 2 is 1.68 bits per heavy atom. The van der Waals surface area contributed by atoms with Crippen molar-refractivity contribution in [2.75, 3.05) is 20.8 Å². The summed E-state index contributed by atoms with van der Waals surface area (Å²) < 4.78 is 11.5. The molecule has 0 radical (unpaired) electrons. The predicted octanol–water partition coefficient (Wildman–Crippen LogP) is 4.32. The molecule has 1 unspecified atom stereocenters. The molecule has 136 valence electrons. The Labute approximate surface area is 150 Å². The Balaban J connectivity index is 2.65. The number of methoxy groups -OCH3 is 2. The van der Waals surface area contributed by atoms with Gasteiger partial charge in [0.25, 0.3) is 0 Å². The van der Waals surface area contributed by atoms with Crippen molar-refractivity contribution in [3.63, 3.8) is 0 Å². The lowest BCUT2D eigenvalue weighted by Gasteiger charge is -2.26. The Morgan fingerprint density at radius 3 is 2.24 bits per heavy atom. The van der Waals surface area contributed by atoms with Gasteiger partial charge in [-0.05, 0) is 61.9 Å². The molecule has 0 aliphatic heterocycles. The summed E-state index contributed by atoms with van der Waals surface area (Å²) in [5.74, 6) is 2.00. The average Bonchev–Trinajstić information content (AvgIpc) is 2.63. The number of rotatable bonds is 8. The first kappa shape index (κ1) is 19.3. The van der Waals surface area contributed by atoms with Gasteiger partial charge in [0.05, 0.1) is 14.2 Å². The third-order valence-corrected chi connectivity index (χ3v) is 4.98. The minimum absolute atomic E-state index is 0.156. The fourth-order valence-electron chi connectivity index (χ4n) is 3.63. The van der Waals surface area contributed by atoms with Crippen LogP contribution in [0.5, 0.6) is 11.5 Å². The number of aromatic nitrogens is 1. The first-order valence-electron chi connectivity index (χ1n) is 8.79. The monoisotopic (exact) mass is 343 g/mol. The zero-order valence-corrected chi connectivity index (χ0v) is 15.9. The highest BCUT2D eigenvalue weighted by Crippen LogP contribution is 2.44. The van der Waals surface area contributed by atoms with Gasteiger partial charge in [-0.1, -0.05) is 12.5 Å². The van der Waals surface area contributed by atoms with Crippen LogP contribution in [0.2, 0.25) is 0 Å². The number of nitrogens with zero attached hydrogens (tertiary/aromatic N) is 1. The molecular weight excluding hydrogens is 314 g/mol. The van der Waals surface area contributed by atoms with Crippen molar-refractivity contribution in [1.82, 2.24) is 4.98 Å². The van der Waals surface area contributed by atoms with Crippen molar-refractivity contribution < 1.29 is 14.6 Å². The van der Waals surface area contributed by atoms with Crippen molar-refractivity contribution in [3.8, 4) is 11.5 Å². The number of hydrogen-bond acceptors (Lipinski definition) is 4. The molecule has 1 heterocycles. The molecule has 2 rings (SSSR count). The van der Waals surface area contributed by atoms with E-state index in [9.17, 15) is 5.11 Å². The maximum Gasteiger partial charge on any atom is 0.126 e. The molecule has 0 spiro atoms. The Bertz CT molecular complexity index is 698. The number of ether oxygens (including phenoxy) is 2. The van der Waals surface area contributed by atoms with Gasteiger partial charge in [-0.25, -0.2) is 0 Å². The summed E-state index contributed by atoms with van der Waals surface area (Å²) in [5.41, 5.74) is 5.65. The number of aliphatic hydroxyl groups excluding tert-OH is 1. The number of aliphatic hydroxyl groups is 1. The van der Waals surface area contributed by atoms with Crippen LogP contribution in [0.15, 0.2) is 24.5 Å². The first-order chi connectivity index (χ1) is 12.1. The molecule has 0 bridgehead atoms. The third kappa shape index (κ3) is 3.96. The normalized spacial score (nSPS) is 12.1. The molecule has 1 atom stereocenters. The third-order valence-electron chi connectivity index (χ3n) is 4.98. The van der Waals surface area contributed by atoms with E-state index in [1.807, 2.05) is 12.3 Å². The highest BCUT2D eigenvalue weighted by molar-refractivity contribution is 5.60. The van der Waals surface area contributed by atoms with Crippen LogP contribution in [-0.4, -0.2) is 30.9 Å². The highest BCUT2D eigenvalue weighted by atomic mass is 16.5. The van der Waals surface area contributed by atoms with Crippen molar-refractivity contribution in [2.24, 2.45) is 0 Å². The largest absolute Gasteiger partial charge is 0.496 e. The zero-order valence-electron chi connectivity index (χ0n) is 15.9. The van der Waals surface area contributed by atoms with E-state index in [1.54, 1.807) is 20.4 Å². The molecule has 4 heteroatoms. The molecule has 0 fully saturated rings. The average molecular weight is 343 g/mol. The topological polar surface area (TPSA) is 51.6 Å². The standard InChI is InChI=1S/C21H29NO3/c1-14-15(2)21(25-5)19(16(3)20(14)24-4)18(10-6-7-12-23)17-9-8-11-22-13-17/h8-9,11,13,18,23H,6-7,10,12H2,1-5H3. The number of benzene rings is 1. The molecule has 0 aliphatic carbocycles. The summed E-state index contributed by atoms with van der Waals surface area (Å²) in [6.45, 7) is 6.45. The van der Waals surface area contributed by atoms with Crippen LogP contribution in [0.1, 0.15) is 53.0 Å². The molecule has 0 amide bonds. The maximum absolute atomic E-state index is 9.18. The fraction of sp³-hybridized carbons (Fsp3) is 0.476. The molecule has 1 N–H and O–H groups in total. The van der Waals surface area contributed by atoms with Gasteiger partial charge in [-0.3, -0.25) is 4.98 Å². The summed E-state index contributed by atoms with van der Waals surface area (Å²) in [6, 6.07) is 4.08. The highest BCUT2D eigenvalue weighted by Gasteiger charge is 2.26. The first-order valence-corrected chi connectivity index (χ1v) is 8.79. The Morgan fingerprint density at radius 1 is 1.00 bits per heavy atom. The van der Waals surface area contributed by atoms with Crippen LogP contribution < -0.4 is 9.47 Å². The van der Waals surface area contributed by atoms with E-state index >= 15 is 0 Å². The second-order valence-corrected chi connectivity index (χ2v) is 6.41. The van der Waals surface area contributed by atoms with Crippen LogP contribution >= 0.6 is 0 Å². The van der Waals surface area contributed by atoms with Crippen molar-refractivity contribution in [3.05, 3.63) is 52.3 Å². The van der Waals surface area contributed by atoms with Gasteiger partial charge in [0, 0.05) is 30.5 Å². The summed E-state index contributed by atoms with van der Waals surface area (Å²) in [6.07, 6.45) is 6.37. The predicted molar refractivity (Wildman–Crippen MR) is 101 cm³/mol. The number of pyridine rings is 1. The van der Waals surface area contributed by atoms with E-state index in [4.69, 9.17) is 9.47 Å². The quantitative estimate of drug-likeness (QED) is 0.725. The van der Waals surface area contributed by atoms with Crippen LogP contribution in [0.4, 0.5) is 0 Å². The van der Waals surface area contributed by atoms with E-state index in [-0.39, 0.29) is 12.5 Å². The van der Waals surface area contributed by atoms with Crippen molar-refractivity contribution >= 4 is 0 Å². The van der Waals surface area contributed by atoms with E-state index in [0.717, 1.165) is 58.6 Å². The zero-order chi connectivity index (χ0) is 18.4. The Kier molecular flexibility index (Phi) is 6.82. The summed E-state index contributed by atoms with van der Waals surface area (Å²) in [7, 11) is 3.45. The molecular formula is C21H29NO3. The van der Waals surface area contributed by atoms with Gasteiger partial charge in [0.2, 0.25) is 0 Å². The van der Waals surface area contributed by atoms with Crippen LogP contribution in [-0.2, 0) is 0 Å². The van der Waals surface area contributed by atoms with E-state index in [0.29, 0.717) is 0 Å². The SMILES string of the molecule is COc1c(C)c(C)c(OC)c(C(CCCCO)c2cccnc2)c1C. The smallest absolute Gasteiger partial charge is 0.126 e. The summed E-state index contributed by atoms with van der Waals surface area (Å²) >= 11 is 0. The molecule has 0 saturated carbocycles. The lowest BCUT2D eigenvalue weighted by atomic mass is 9.82. The van der Waals surface area contributed by atoms with Crippen LogP contribution in [0.25, 0.3) is 0 Å². The summed E-state index contributed by atoms with van der Waals surface area (Å²) in [5, 5.41) is 9.18. The Hall–Kier alpha value is -2.07. The van der Waals surface area contributed by atoms with E-state index in [2.05, 4.69) is 31.8 Å². The van der Waals surface area contributed by atoms with Crippen molar-refractivity contribution in [2.45, 2.75) is 46.0 Å². The molecule has 4 nitrogen and oxygen atoms in total. The molecule has 0 aliphatic rings. The van der Waals surface area contributed by atoms with E-state index in [1.165, 1.54) is 0 Å². The molecule has 2 aromatic rings. The van der Waals surface area contributed by atoms with Gasteiger partial charge < -0.3 is 14.6 Å². The number of unbranched alkanes of at least 4 members (excludes halogenated alkanes) is 1. The second-order valence-electron chi connectivity index (χ2n) is 6.41. The fourth-order valence-corrected chi connectivity index (χ4v) is 3.63. The second kappa shape index (κ2) is 8.86. The van der Waals surface area contributed by atoms with Gasteiger partial charge in [-0.15, -0.1) is 0 Å². The minimum Gasteiger partial charge on any atom is -0.496 e. The molecule has 25 heavy (non-hydrogen) atoms. The molecule has 1 aromatic heterocycles. The van der Waals surface area contributed by atoms with Gasteiger partial charge in [-0.2, -0.15) is 0 Å². The van der Waals surface area contributed by atoms with Crippen molar-refractivity contribution in [1.29, 1.82) is 0 Å². The lowest BCUT2D eigenvalue weighted by Crippen LogP contribution is -2.10. The molecule has 0 saturated heterocycles. The lowest BCUT2D eigenvalue weighted by molar-refractivity contribution is 0.282. The molecule has 1 aromatic carbocycles. The van der Waals surface area contributed by atoms with Gasteiger partial charge in [0.1, 0.15) is 11.5 Å². The van der Waals surface area contributed by atoms with Gasteiger partial charge >= 0.3 is 0 Å². The number of hydrogen-bond donors (Lipinski definition) is 1.